The quantitative estimate of drug-likeness (QED) is 0.719. The molecule has 0 amide bonds. The summed E-state index contributed by atoms with van der Waals surface area (Å²) in [6, 6.07) is 9.88. The molecule has 1 aromatic carbocycles. The van der Waals surface area contributed by atoms with Crippen molar-refractivity contribution in [3.63, 3.8) is 0 Å². The van der Waals surface area contributed by atoms with E-state index in [-0.39, 0.29) is 0 Å². The van der Waals surface area contributed by atoms with Crippen LogP contribution in [0.1, 0.15) is 16.7 Å². The Morgan fingerprint density at radius 2 is 2.19 bits per heavy atom. The average molecular weight is 296 g/mol. The highest BCUT2D eigenvalue weighted by Crippen LogP contribution is 2.30. The fourth-order valence-electron chi connectivity index (χ4n) is 2.01. The normalized spacial score (nSPS) is 10.7. The molecule has 3 aromatic rings. The predicted octanol–water partition coefficient (Wildman–Crippen LogP) is 2.41. The van der Waals surface area contributed by atoms with Gasteiger partial charge in [0, 0.05) is 10.6 Å². The Bertz CT molecular complexity index is 848. The van der Waals surface area contributed by atoms with Crippen molar-refractivity contribution >= 4 is 28.7 Å². The third kappa shape index (κ3) is 2.66. The summed E-state index contributed by atoms with van der Waals surface area (Å²) in [5, 5.41) is 19.8. The molecule has 2 aromatic heterocycles. The highest BCUT2D eigenvalue weighted by Gasteiger charge is 2.10. The van der Waals surface area contributed by atoms with Gasteiger partial charge in [0.2, 0.25) is 5.65 Å². The Kier molecular flexibility index (Phi) is 3.46. The number of hydrogen-bond donors (Lipinski definition) is 2. The molecular weight excluding hydrogens is 284 g/mol. The molecule has 0 fully saturated rings. The van der Waals surface area contributed by atoms with Crippen LogP contribution in [-0.2, 0) is 5.75 Å². The van der Waals surface area contributed by atoms with Crippen molar-refractivity contribution < 1.29 is 0 Å². The Morgan fingerprint density at radius 3 is 3.00 bits per heavy atom. The van der Waals surface area contributed by atoms with E-state index in [1.165, 1.54) is 0 Å². The van der Waals surface area contributed by atoms with Crippen LogP contribution in [0.25, 0.3) is 11.2 Å². The van der Waals surface area contributed by atoms with Crippen molar-refractivity contribution in [3.8, 4) is 6.07 Å². The zero-order chi connectivity index (χ0) is 14.8. The zero-order valence-electron chi connectivity index (χ0n) is 11.3. The molecule has 0 aliphatic heterocycles. The molecule has 0 aliphatic rings. The first kappa shape index (κ1) is 13.4. The topological polar surface area (TPSA) is 104 Å². The minimum absolute atomic E-state index is 0.406. The van der Waals surface area contributed by atoms with Crippen LogP contribution in [0.4, 0.5) is 5.82 Å². The Balaban J connectivity index is 1.90. The molecule has 0 unspecified atom stereocenters. The predicted molar refractivity (Wildman–Crippen MR) is 81.6 cm³/mol. The van der Waals surface area contributed by atoms with Crippen molar-refractivity contribution in [1.29, 1.82) is 5.26 Å². The minimum atomic E-state index is 0.406. The van der Waals surface area contributed by atoms with Gasteiger partial charge in [-0.25, -0.2) is 4.98 Å². The summed E-state index contributed by atoms with van der Waals surface area (Å²) >= 11 is 1.56. The van der Waals surface area contributed by atoms with Gasteiger partial charge in [-0.2, -0.15) is 15.6 Å². The number of nitrogens with one attached hydrogen (secondary N) is 1. The lowest BCUT2D eigenvalue weighted by Crippen LogP contribution is -1.93. The van der Waals surface area contributed by atoms with Gasteiger partial charge in [-0.1, -0.05) is 12.1 Å². The summed E-state index contributed by atoms with van der Waals surface area (Å²) < 4.78 is 0. The average Bonchev–Trinajstić information content (AvgIpc) is 2.93. The molecule has 2 heterocycles. The molecule has 0 bridgehead atoms. The van der Waals surface area contributed by atoms with Crippen LogP contribution in [0, 0.1) is 18.3 Å². The van der Waals surface area contributed by atoms with Gasteiger partial charge in [0.05, 0.1) is 11.6 Å². The monoisotopic (exact) mass is 296 g/mol. The lowest BCUT2D eigenvalue weighted by Gasteiger charge is -2.06. The smallest absolute Gasteiger partial charge is 0.204 e. The third-order valence-electron chi connectivity index (χ3n) is 3.05. The van der Waals surface area contributed by atoms with E-state index in [1.54, 1.807) is 17.8 Å². The molecule has 0 saturated carbocycles. The molecule has 3 N–H and O–H groups in total. The number of nitrogen functional groups attached to an aromatic ring is 1. The van der Waals surface area contributed by atoms with Crippen LogP contribution in [0.2, 0.25) is 0 Å². The largest absolute Gasteiger partial charge is 0.384 e. The number of aromatic amines is 1. The van der Waals surface area contributed by atoms with E-state index in [1.807, 2.05) is 25.1 Å². The lowest BCUT2D eigenvalue weighted by atomic mass is 10.1. The first-order valence-corrected chi connectivity index (χ1v) is 7.25. The molecule has 7 heteroatoms. The van der Waals surface area contributed by atoms with Gasteiger partial charge in [0.1, 0.15) is 11.3 Å². The summed E-state index contributed by atoms with van der Waals surface area (Å²) in [5.41, 5.74) is 9.72. The van der Waals surface area contributed by atoms with E-state index in [4.69, 9.17) is 5.73 Å². The second-order valence-electron chi connectivity index (χ2n) is 4.60. The molecule has 21 heavy (non-hydrogen) atoms. The van der Waals surface area contributed by atoms with E-state index in [9.17, 15) is 5.26 Å². The fourth-order valence-corrected chi connectivity index (χ4v) is 3.05. The molecule has 0 saturated heterocycles. The van der Waals surface area contributed by atoms with E-state index in [0.717, 1.165) is 16.0 Å². The summed E-state index contributed by atoms with van der Waals surface area (Å²) in [6.07, 6.45) is 0. The van der Waals surface area contributed by atoms with Gasteiger partial charge < -0.3 is 5.73 Å². The number of nitrogens with zero attached hydrogens (tertiary/aromatic N) is 4. The summed E-state index contributed by atoms with van der Waals surface area (Å²) in [6.45, 7) is 1.97. The number of thioether (sulfide) groups is 1. The van der Waals surface area contributed by atoms with Crippen LogP contribution in [0.3, 0.4) is 0 Å². The number of aryl methyl sites for hydroxylation is 1. The number of nitriles is 1. The third-order valence-corrected chi connectivity index (χ3v) is 4.12. The summed E-state index contributed by atoms with van der Waals surface area (Å²) in [5.74, 6) is 1.07. The zero-order valence-corrected chi connectivity index (χ0v) is 12.1. The number of aromatic nitrogens is 4. The maximum atomic E-state index is 9.21. The van der Waals surface area contributed by atoms with Crippen molar-refractivity contribution in [3.05, 3.63) is 41.0 Å². The number of hydrogen-bond acceptors (Lipinski definition) is 6. The maximum absolute atomic E-state index is 9.21. The number of pyridine rings is 1. The molecule has 104 valence electrons. The lowest BCUT2D eigenvalue weighted by molar-refractivity contribution is 0.953. The van der Waals surface area contributed by atoms with Gasteiger partial charge in [0.15, 0.2) is 0 Å². The van der Waals surface area contributed by atoms with Crippen LogP contribution in [-0.4, -0.2) is 20.4 Å². The first-order chi connectivity index (χ1) is 10.2. The van der Waals surface area contributed by atoms with Crippen molar-refractivity contribution in [1.82, 2.24) is 20.4 Å². The maximum Gasteiger partial charge on any atom is 0.204 e. The molecule has 6 nitrogen and oxygen atoms in total. The Labute approximate surface area is 125 Å². The standard InChI is InChI=1S/C14H12N6S/c1-8-2-3-9(10(4-8)6-15)7-21-11-5-12(16)17-14-13(11)18-20-19-14/h2-5H,7H2,1H3,(H3,16,17,18,19,20). The van der Waals surface area contributed by atoms with Crippen molar-refractivity contribution in [2.24, 2.45) is 0 Å². The number of nitrogens with two attached hydrogens (primary N) is 1. The Morgan fingerprint density at radius 1 is 1.33 bits per heavy atom. The molecule has 0 radical (unpaired) electrons. The number of benzene rings is 1. The fraction of sp³-hybridized carbons (Fsp3) is 0.143. The van der Waals surface area contributed by atoms with Gasteiger partial charge in [-0.05, 0) is 30.2 Å². The summed E-state index contributed by atoms with van der Waals surface area (Å²) in [7, 11) is 0. The van der Waals surface area contributed by atoms with E-state index in [0.29, 0.717) is 28.3 Å². The van der Waals surface area contributed by atoms with Gasteiger partial charge >= 0.3 is 0 Å². The van der Waals surface area contributed by atoms with Gasteiger partial charge in [0.25, 0.3) is 0 Å². The molecule has 0 atom stereocenters. The number of fused-ring (bicyclic) bond motifs is 1. The van der Waals surface area contributed by atoms with E-state index >= 15 is 0 Å². The minimum Gasteiger partial charge on any atom is -0.384 e. The van der Waals surface area contributed by atoms with E-state index in [2.05, 4.69) is 26.5 Å². The van der Waals surface area contributed by atoms with Crippen LogP contribution in [0.15, 0.2) is 29.2 Å². The number of H-pyrrole nitrogens is 1. The molecule has 0 spiro atoms. The van der Waals surface area contributed by atoms with Gasteiger partial charge in [-0.3, -0.25) is 0 Å². The second kappa shape index (κ2) is 5.42. The van der Waals surface area contributed by atoms with Gasteiger partial charge in [-0.15, -0.1) is 16.9 Å². The van der Waals surface area contributed by atoms with Crippen LogP contribution < -0.4 is 5.73 Å². The first-order valence-electron chi connectivity index (χ1n) is 6.27. The van der Waals surface area contributed by atoms with E-state index < -0.39 is 0 Å². The van der Waals surface area contributed by atoms with Crippen LogP contribution in [0.5, 0.6) is 0 Å². The highest BCUT2D eigenvalue weighted by atomic mass is 32.2. The van der Waals surface area contributed by atoms with Crippen molar-refractivity contribution in [2.45, 2.75) is 17.6 Å². The number of rotatable bonds is 3. The SMILES string of the molecule is Cc1ccc(CSc2cc(N)nc3n[nH]nc23)c(C#N)c1. The van der Waals surface area contributed by atoms with Crippen LogP contribution >= 0.6 is 11.8 Å². The summed E-state index contributed by atoms with van der Waals surface area (Å²) in [4.78, 5) is 5.00. The molecule has 0 aliphatic carbocycles. The van der Waals surface area contributed by atoms with Crippen molar-refractivity contribution in [2.75, 3.05) is 5.73 Å². The highest BCUT2D eigenvalue weighted by molar-refractivity contribution is 7.98. The second-order valence-corrected chi connectivity index (χ2v) is 5.62. The Hall–Kier alpha value is -2.59. The molecular formula is C14H12N6S. The number of anilines is 1. The molecule has 3 rings (SSSR count).